The van der Waals surface area contributed by atoms with Crippen LogP contribution in [0.4, 0.5) is 4.39 Å². The van der Waals surface area contributed by atoms with Gasteiger partial charge in [-0.05, 0) is 60.7 Å². The molecule has 0 saturated heterocycles. The fraction of sp³-hybridized carbons (Fsp3) is 0.400. The van der Waals surface area contributed by atoms with E-state index in [0.29, 0.717) is 12.6 Å². The van der Waals surface area contributed by atoms with Crippen LogP contribution in [0.5, 0.6) is 0 Å². The van der Waals surface area contributed by atoms with E-state index in [9.17, 15) is 9.18 Å². The molecule has 0 bridgehead atoms. The van der Waals surface area contributed by atoms with Crippen molar-refractivity contribution in [2.24, 2.45) is 0 Å². The molecule has 1 N–H and O–H groups in total. The van der Waals surface area contributed by atoms with Crippen molar-refractivity contribution in [2.75, 3.05) is 20.1 Å². The average molecular weight is 408 g/mol. The molecule has 0 spiro atoms. The number of hydrogen-bond acceptors (Lipinski definition) is 2. The third-order valence-electron chi connectivity index (χ3n) is 6.23. The number of nitrogens with zero attached hydrogens (tertiary/aromatic N) is 2. The van der Waals surface area contributed by atoms with E-state index >= 15 is 0 Å². The molecule has 4 nitrogen and oxygen atoms in total. The lowest BCUT2D eigenvalue weighted by Crippen LogP contribution is -2.40. The van der Waals surface area contributed by atoms with Crippen molar-refractivity contribution in [3.63, 3.8) is 0 Å². The lowest BCUT2D eigenvalue weighted by atomic mass is 9.94. The van der Waals surface area contributed by atoms with E-state index in [0.717, 1.165) is 28.6 Å². The summed E-state index contributed by atoms with van der Waals surface area (Å²) in [4.78, 5) is 14.9. The van der Waals surface area contributed by atoms with E-state index in [1.807, 2.05) is 41.1 Å². The van der Waals surface area contributed by atoms with Crippen molar-refractivity contribution >= 4 is 16.8 Å². The Morgan fingerprint density at radius 1 is 1.10 bits per heavy atom. The van der Waals surface area contributed by atoms with Crippen molar-refractivity contribution in [3.8, 4) is 11.1 Å². The number of halogens is 1. The Morgan fingerprint density at radius 2 is 1.90 bits per heavy atom. The zero-order valence-corrected chi connectivity index (χ0v) is 17.6. The molecular formula is C25H30FN3O. The van der Waals surface area contributed by atoms with Crippen molar-refractivity contribution in [1.82, 2.24) is 14.8 Å². The average Bonchev–Trinajstić information content (AvgIpc) is 3.16. The number of nitrogens with one attached hydrogen (secondary N) is 1. The molecular weight excluding hydrogens is 377 g/mol. The summed E-state index contributed by atoms with van der Waals surface area (Å²) in [5, 5.41) is 4.13. The van der Waals surface area contributed by atoms with E-state index in [-0.39, 0.29) is 18.3 Å². The second-order valence-corrected chi connectivity index (χ2v) is 8.35. The van der Waals surface area contributed by atoms with Gasteiger partial charge in [0.1, 0.15) is 12.4 Å². The molecule has 0 radical (unpaired) electrons. The highest BCUT2D eigenvalue weighted by Gasteiger charge is 2.17. The first-order chi connectivity index (χ1) is 14.6. The van der Waals surface area contributed by atoms with E-state index in [1.54, 1.807) is 6.07 Å². The van der Waals surface area contributed by atoms with Gasteiger partial charge in [-0.15, -0.1) is 0 Å². The second-order valence-electron chi connectivity index (χ2n) is 8.35. The topological polar surface area (TPSA) is 37.3 Å². The zero-order chi connectivity index (χ0) is 20.9. The maximum Gasteiger partial charge on any atom is 0.239 e. The molecule has 0 atom stereocenters. The molecule has 1 saturated carbocycles. The van der Waals surface area contributed by atoms with Gasteiger partial charge in [-0.25, -0.2) is 4.39 Å². The SMILES string of the molecule is CN(CCNC(=O)Cn1ccc2ccc(-c3cccc(F)c3)cc21)C1CCCCC1. The molecule has 30 heavy (non-hydrogen) atoms. The summed E-state index contributed by atoms with van der Waals surface area (Å²) in [5.41, 5.74) is 2.75. The van der Waals surface area contributed by atoms with Crippen LogP contribution in [0.3, 0.4) is 0 Å². The number of rotatable bonds is 7. The molecule has 1 heterocycles. The fourth-order valence-electron chi connectivity index (χ4n) is 4.46. The molecule has 1 amide bonds. The molecule has 1 aromatic heterocycles. The van der Waals surface area contributed by atoms with Gasteiger partial charge in [0, 0.05) is 30.8 Å². The number of hydrogen-bond donors (Lipinski definition) is 1. The molecule has 5 heteroatoms. The monoisotopic (exact) mass is 407 g/mol. The van der Waals surface area contributed by atoms with Gasteiger partial charge < -0.3 is 14.8 Å². The van der Waals surface area contributed by atoms with Gasteiger partial charge in [0.2, 0.25) is 5.91 Å². The Balaban J connectivity index is 1.37. The van der Waals surface area contributed by atoms with Crippen molar-refractivity contribution < 1.29 is 9.18 Å². The molecule has 0 aliphatic heterocycles. The van der Waals surface area contributed by atoms with E-state index in [1.165, 1.54) is 44.2 Å². The Kier molecular flexibility index (Phi) is 6.48. The third-order valence-corrected chi connectivity index (χ3v) is 6.23. The fourth-order valence-corrected chi connectivity index (χ4v) is 4.46. The maximum atomic E-state index is 13.6. The number of amides is 1. The predicted molar refractivity (Wildman–Crippen MR) is 120 cm³/mol. The number of likely N-dealkylation sites (N-methyl/N-ethyl adjacent to an activating group) is 1. The summed E-state index contributed by atoms with van der Waals surface area (Å²) >= 11 is 0. The van der Waals surface area contributed by atoms with Crippen LogP contribution in [0.1, 0.15) is 32.1 Å². The van der Waals surface area contributed by atoms with E-state index < -0.39 is 0 Å². The van der Waals surface area contributed by atoms with Crippen molar-refractivity contribution in [2.45, 2.75) is 44.7 Å². The summed E-state index contributed by atoms with van der Waals surface area (Å²) in [6.45, 7) is 1.83. The summed E-state index contributed by atoms with van der Waals surface area (Å²) < 4.78 is 15.5. The highest BCUT2D eigenvalue weighted by molar-refractivity contribution is 5.87. The molecule has 158 valence electrons. The molecule has 4 rings (SSSR count). The van der Waals surface area contributed by atoms with Crippen LogP contribution in [0.15, 0.2) is 54.7 Å². The summed E-state index contributed by atoms with van der Waals surface area (Å²) in [6.07, 6.45) is 8.47. The van der Waals surface area contributed by atoms with Crippen molar-refractivity contribution in [1.29, 1.82) is 0 Å². The van der Waals surface area contributed by atoms with E-state index in [4.69, 9.17) is 0 Å². The van der Waals surface area contributed by atoms with Crippen LogP contribution in [-0.4, -0.2) is 41.6 Å². The second kappa shape index (κ2) is 9.43. The van der Waals surface area contributed by atoms with Crippen LogP contribution in [0, 0.1) is 5.82 Å². The first kappa shape index (κ1) is 20.6. The first-order valence-electron chi connectivity index (χ1n) is 10.9. The molecule has 1 fully saturated rings. The number of carbonyl (C=O) groups is 1. The number of carbonyl (C=O) groups excluding carboxylic acids is 1. The van der Waals surface area contributed by atoms with Crippen LogP contribution < -0.4 is 5.32 Å². The van der Waals surface area contributed by atoms with E-state index in [2.05, 4.69) is 17.3 Å². The molecule has 1 aliphatic rings. The summed E-state index contributed by atoms with van der Waals surface area (Å²) in [6, 6.07) is 15.3. The normalized spacial score (nSPS) is 15.0. The van der Waals surface area contributed by atoms with Gasteiger partial charge in [-0.3, -0.25) is 4.79 Å². The summed E-state index contributed by atoms with van der Waals surface area (Å²) in [7, 11) is 2.16. The lowest BCUT2D eigenvalue weighted by Gasteiger charge is -2.31. The predicted octanol–water partition coefficient (Wildman–Crippen LogP) is 4.83. The zero-order valence-electron chi connectivity index (χ0n) is 17.6. The Bertz CT molecular complexity index is 1010. The van der Waals surface area contributed by atoms with Crippen LogP contribution in [0.2, 0.25) is 0 Å². The Hall–Kier alpha value is -2.66. The summed E-state index contributed by atoms with van der Waals surface area (Å²) in [5.74, 6) is -0.235. The van der Waals surface area contributed by atoms with Crippen molar-refractivity contribution in [3.05, 3.63) is 60.5 Å². The lowest BCUT2D eigenvalue weighted by molar-refractivity contribution is -0.121. The maximum absolute atomic E-state index is 13.6. The smallest absolute Gasteiger partial charge is 0.239 e. The van der Waals surface area contributed by atoms with Crippen LogP contribution in [0.25, 0.3) is 22.0 Å². The van der Waals surface area contributed by atoms with Gasteiger partial charge in [0.15, 0.2) is 0 Å². The quantitative estimate of drug-likeness (QED) is 0.609. The minimum Gasteiger partial charge on any atom is -0.353 e. The van der Waals surface area contributed by atoms with Gasteiger partial charge >= 0.3 is 0 Å². The Morgan fingerprint density at radius 3 is 2.70 bits per heavy atom. The van der Waals surface area contributed by atoms with Gasteiger partial charge in [-0.2, -0.15) is 0 Å². The largest absolute Gasteiger partial charge is 0.353 e. The van der Waals surface area contributed by atoms with Crippen LogP contribution >= 0.6 is 0 Å². The van der Waals surface area contributed by atoms with Gasteiger partial charge in [0.05, 0.1) is 0 Å². The minimum absolute atomic E-state index is 0.0145. The first-order valence-corrected chi connectivity index (χ1v) is 10.9. The van der Waals surface area contributed by atoms with Gasteiger partial charge in [0.25, 0.3) is 0 Å². The Labute approximate surface area is 177 Å². The minimum atomic E-state index is -0.249. The number of fused-ring (bicyclic) bond motifs is 1. The van der Waals surface area contributed by atoms with Crippen LogP contribution in [-0.2, 0) is 11.3 Å². The molecule has 1 aliphatic carbocycles. The third kappa shape index (κ3) is 4.90. The van der Waals surface area contributed by atoms with Gasteiger partial charge in [-0.1, -0.05) is 43.5 Å². The number of aromatic nitrogens is 1. The standard InChI is InChI=1S/C25H30FN3O/c1-28(23-8-3-2-4-9-23)15-13-27-25(30)18-29-14-12-19-10-11-21(17-24(19)29)20-6-5-7-22(26)16-20/h5-7,10-12,14,16-17,23H,2-4,8-9,13,15,18H2,1H3,(H,27,30). The number of benzene rings is 2. The highest BCUT2D eigenvalue weighted by atomic mass is 19.1. The molecule has 2 aromatic carbocycles. The molecule has 3 aromatic rings. The molecule has 0 unspecified atom stereocenters. The highest BCUT2D eigenvalue weighted by Crippen LogP contribution is 2.26.